The van der Waals surface area contributed by atoms with Gasteiger partial charge in [-0.15, -0.1) is 0 Å². The highest BCUT2D eigenvalue weighted by atomic mass is 32.2. The Morgan fingerprint density at radius 2 is 2.19 bits per heavy atom. The first-order chi connectivity index (χ1) is 12.4. The topological polar surface area (TPSA) is 81.9 Å². The number of halogens is 1. The van der Waals surface area contributed by atoms with Crippen molar-refractivity contribution in [2.24, 2.45) is 11.7 Å². The Kier molecular flexibility index (Phi) is 6.17. The molecule has 2 N–H and O–H groups in total. The molecule has 8 heteroatoms. The minimum Gasteiger partial charge on any atom is -0.490 e. The molecule has 0 aromatic heterocycles. The molecule has 3 atom stereocenters. The second-order valence-corrected chi connectivity index (χ2v) is 9.06. The number of nitrogens with two attached hydrogens (primary N) is 1. The number of nitrogens with zero attached hydrogens (tertiary/aromatic N) is 1. The third kappa shape index (κ3) is 4.19. The van der Waals surface area contributed by atoms with Crippen LogP contribution < -0.4 is 10.5 Å². The molecule has 2 aliphatic rings. The lowest BCUT2D eigenvalue weighted by Crippen LogP contribution is -2.51. The predicted molar refractivity (Wildman–Crippen MR) is 96.0 cm³/mol. The second kappa shape index (κ2) is 8.21. The van der Waals surface area contributed by atoms with Crippen LogP contribution in [0.25, 0.3) is 0 Å². The van der Waals surface area contributed by atoms with Crippen LogP contribution >= 0.6 is 0 Å². The molecule has 1 aromatic rings. The number of sulfonamides is 1. The molecule has 146 valence electrons. The highest BCUT2D eigenvalue weighted by Crippen LogP contribution is 2.29. The zero-order valence-corrected chi connectivity index (χ0v) is 15.9. The minimum absolute atomic E-state index is 0.0564. The van der Waals surface area contributed by atoms with Gasteiger partial charge in [0.2, 0.25) is 10.0 Å². The summed E-state index contributed by atoms with van der Waals surface area (Å²) < 4.78 is 52.6. The lowest BCUT2D eigenvalue weighted by Gasteiger charge is -2.36. The molecule has 1 aromatic carbocycles. The summed E-state index contributed by atoms with van der Waals surface area (Å²) in [6.45, 7) is 3.90. The standard InChI is InChI=1S/C18H27FN2O4S/c1-13(20)17-4-2-3-8-21(17)26(22,23)15-5-6-18(16(19)10-15)25-12-14-7-9-24-11-14/h5-6,10,13-14,17H,2-4,7-9,11-12,20H2,1H3. The Bertz CT molecular complexity index is 720. The van der Waals surface area contributed by atoms with Crippen LogP contribution in [0.3, 0.4) is 0 Å². The van der Waals surface area contributed by atoms with Crippen molar-refractivity contribution in [3.63, 3.8) is 0 Å². The van der Waals surface area contributed by atoms with Crippen molar-refractivity contribution >= 4 is 10.0 Å². The van der Waals surface area contributed by atoms with Crippen molar-refractivity contribution in [2.45, 2.75) is 49.6 Å². The average Bonchev–Trinajstić information content (AvgIpc) is 3.14. The van der Waals surface area contributed by atoms with Crippen LogP contribution in [0.5, 0.6) is 5.75 Å². The summed E-state index contributed by atoms with van der Waals surface area (Å²) in [6.07, 6.45) is 3.35. The van der Waals surface area contributed by atoms with Gasteiger partial charge in [0, 0.05) is 31.2 Å². The highest BCUT2D eigenvalue weighted by molar-refractivity contribution is 7.89. The lowest BCUT2D eigenvalue weighted by molar-refractivity contribution is 0.165. The maximum Gasteiger partial charge on any atom is 0.243 e. The van der Waals surface area contributed by atoms with E-state index in [0.29, 0.717) is 26.4 Å². The Labute approximate surface area is 154 Å². The monoisotopic (exact) mass is 386 g/mol. The van der Waals surface area contributed by atoms with E-state index < -0.39 is 15.8 Å². The number of rotatable bonds is 6. The molecule has 0 saturated carbocycles. The summed E-state index contributed by atoms with van der Waals surface area (Å²) in [5.74, 6) is -0.351. The number of hydrogen-bond acceptors (Lipinski definition) is 5. The van der Waals surface area contributed by atoms with E-state index in [0.717, 1.165) is 31.7 Å². The Morgan fingerprint density at radius 3 is 2.85 bits per heavy atom. The fourth-order valence-corrected chi connectivity index (χ4v) is 5.36. The van der Waals surface area contributed by atoms with Gasteiger partial charge in [0.15, 0.2) is 11.6 Å². The summed E-state index contributed by atoms with van der Waals surface area (Å²) in [4.78, 5) is -0.0564. The Morgan fingerprint density at radius 1 is 1.38 bits per heavy atom. The molecule has 0 amide bonds. The van der Waals surface area contributed by atoms with Gasteiger partial charge in [-0.25, -0.2) is 12.8 Å². The third-order valence-corrected chi connectivity index (χ3v) is 7.03. The first kappa shape index (κ1) is 19.5. The Hall–Kier alpha value is -1.22. The van der Waals surface area contributed by atoms with Gasteiger partial charge in [0.05, 0.1) is 18.1 Å². The van der Waals surface area contributed by atoms with E-state index in [1.54, 1.807) is 0 Å². The van der Waals surface area contributed by atoms with Crippen LogP contribution in [0.2, 0.25) is 0 Å². The molecule has 0 radical (unpaired) electrons. The van der Waals surface area contributed by atoms with Crippen LogP contribution in [-0.4, -0.2) is 51.2 Å². The van der Waals surface area contributed by atoms with Gasteiger partial charge in [0.1, 0.15) is 0 Å². The number of piperidine rings is 1. The van der Waals surface area contributed by atoms with Crippen LogP contribution in [0.1, 0.15) is 32.6 Å². The molecule has 2 aliphatic heterocycles. The molecule has 2 saturated heterocycles. The largest absolute Gasteiger partial charge is 0.490 e. The van der Waals surface area contributed by atoms with Crippen molar-refractivity contribution in [2.75, 3.05) is 26.4 Å². The molecular formula is C18H27FN2O4S. The molecule has 0 aliphatic carbocycles. The van der Waals surface area contributed by atoms with Gasteiger partial charge in [-0.1, -0.05) is 6.42 Å². The maximum absolute atomic E-state index is 14.4. The van der Waals surface area contributed by atoms with E-state index in [1.165, 1.54) is 16.4 Å². The Balaban J connectivity index is 1.76. The van der Waals surface area contributed by atoms with Crippen molar-refractivity contribution in [1.82, 2.24) is 4.31 Å². The molecule has 3 unspecified atom stereocenters. The fourth-order valence-electron chi connectivity index (χ4n) is 3.57. The number of benzene rings is 1. The molecular weight excluding hydrogens is 359 g/mol. The SMILES string of the molecule is CC(N)C1CCCCN1S(=O)(=O)c1ccc(OCC2CCOC2)c(F)c1. The van der Waals surface area contributed by atoms with E-state index in [2.05, 4.69) is 0 Å². The molecule has 6 nitrogen and oxygen atoms in total. The van der Waals surface area contributed by atoms with Crippen LogP contribution in [0, 0.1) is 11.7 Å². The summed E-state index contributed by atoms with van der Waals surface area (Å²) in [6, 6.07) is 3.32. The van der Waals surface area contributed by atoms with Crippen LogP contribution in [0.4, 0.5) is 4.39 Å². The average molecular weight is 386 g/mol. The summed E-state index contributed by atoms with van der Waals surface area (Å²) >= 11 is 0. The molecule has 0 spiro atoms. The van der Waals surface area contributed by atoms with Gasteiger partial charge < -0.3 is 15.2 Å². The summed E-state index contributed by atoms with van der Waals surface area (Å²) in [5, 5.41) is 0. The van der Waals surface area contributed by atoms with E-state index in [-0.39, 0.29) is 28.6 Å². The number of hydrogen-bond donors (Lipinski definition) is 1. The molecule has 2 fully saturated rings. The third-order valence-electron chi connectivity index (χ3n) is 5.11. The van der Waals surface area contributed by atoms with Crippen LogP contribution in [0.15, 0.2) is 23.1 Å². The van der Waals surface area contributed by atoms with Crippen molar-refractivity contribution in [3.05, 3.63) is 24.0 Å². The summed E-state index contributed by atoms with van der Waals surface area (Å²) in [5.41, 5.74) is 5.98. The lowest BCUT2D eigenvalue weighted by atomic mass is 10.00. The highest BCUT2D eigenvalue weighted by Gasteiger charge is 2.35. The number of ether oxygens (including phenoxy) is 2. The predicted octanol–water partition coefficient (Wildman–Crippen LogP) is 2.13. The van der Waals surface area contributed by atoms with E-state index in [9.17, 15) is 12.8 Å². The molecule has 26 heavy (non-hydrogen) atoms. The maximum atomic E-state index is 14.4. The first-order valence-corrected chi connectivity index (χ1v) is 10.6. The van der Waals surface area contributed by atoms with Crippen molar-refractivity contribution < 1.29 is 22.3 Å². The second-order valence-electron chi connectivity index (χ2n) is 7.17. The van der Waals surface area contributed by atoms with E-state index in [4.69, 9.17) is 15.2 Å². The normalized spacial score (nSPS) is 26.0. The zero-order valence-electron chi connectivity index (χ0n) is 15.1. The van der Waals surface area contributed by atoms with Gasteiger partial charge in [-0.3, -0.25) is 0 Å². The van der Waals surface area contributed by atoms with Crippen molar-refractivity contribution in [3.8, 4) is 5.75 Å². The molecule has 2 heterocycles. The minimum atomic E-state index is -3.79. The quantitative estimate of drug-likeness (QED) is 0.810. The van der Waals surface area contributed by atoms with Gasteiger partial charge in [-0.2, -0.15) is 4.31 Å². The van der Waals surface area contributed by atoms with Gasteiger partial charge in [-0.05, 0) is 44.4 Å². The smallest absolute Gasteiger partial charge is 0.243 e. The summed E-state index contributed by atoms with van der Waals surface area (Å²) in [7, 11) is -3.79. The van der Waals surface area contributed by atoms with Crippen LogP contribution in [-0.2, 0) is 14.8 Å². The van der Waals surface area contributed by atoms with Crippen molar-refractivity contribution in [1.29, 1.82) is 0 Å². The zero-order chi connectivity index (χ0) is 18.7. The van der Waals surface area contributed by atoms with Gasteiger partial charge in [0.25, 0.3) is 0 Å². The van der Waals surface area contributed by atoms with Gasteiger partial charge >= 0.3 is 0 Å². The fraction of sp³-hybridized carbons (Fsp3) is 0.667. The molecule has 0 bridgehead atoms. The molecule has 3 rings (SSSR count). The van der Waals surface area contributed by atoms with E-state index >= 15 is 0 Å². The van der Waals surface area contributed by atoms with E-state index in [1.807, 2.05) is 6.92 Å². The first-order valence-electron chi connectivity index (χ1n) is 9.17.